The lowest BCUT2D eigenvalue weighted by Crippen LogP contribution is -2.29. The molecule has 4 rings (SSSR count). The molecule has 0 radical (unpaired) electrons. The number of thioether (sulfide) groups is 1. The van der Waals surface area contributed by atoms with Crippen molar-refractivity contribution < 1.29 is 19.0 Å². The number of hydrogen-bond donors (Lipinski definition) is 1. The smallest absolute Gasteiger partial charge is 0.338 e. The van der Waals surface area contributed by atoms with Gasteiger partial charge in [0, 0.05) is 11.4 Å². The van der Waals surface area contributed by atoms with Crippen molar-refractivity contribution in [2.75, 3.05) is 24.8 Å². The van der Waals surface area contributed by atoms with E-state index in [1.807, 2.05) is 55.5 Å². The number of benzene rings is 2. The Kier molecular flexibility index (Phi) is 9.11. The second-order valence-electron chi connectivity index (χ2n) is 8.75. The number of nitrogens with one attached hydrogen (secondary N) is 1. The fourth-order valence-corrected chi connectivity index (χ4v) is 4.97. The van der Waals surface area contributed by atoms with Crippen LogP contribution in [0.5, 0.6) is 11.5 Å². The molecule has 0 fully saturated rings. The van der Waals surface area contributed by atoms with Crippen molar-refractivity contribution in [3.8, 4) is 11.5 Å². The maximum Gasteiger partial charge on any atom is 0.338 e. The number of unbranched alkanes of at least 4 members (excludes halogenated alkanes) is 1. The zero-order chi connectivity index (χ0) is 26.2. The first kappa shape index (κ1) is 26.6. The number of anilines is 1. The van der Waals surface area contributed by atoms with Crippen molar-refractivity contribution in [2.24, 2.45) is 0 Å². The van der Waals surface area contributed by atoms with E-state index < -0.39 is 12.0 Å². The van der Waals surface area contributed by atoms with Crippen LogP contribution in [0.25, 0.3) is 0 Å². The van der Waals surface area contributed by atoms with Crippen LogP contribution in [0, 0.1) is 0 Å². The predicted molar refractivity (Wildman–Crippen MR) is 145 cm³/mol. The van der Waals surface area contributed by atoms with Crippen LogP contribution in [0.1, 0.15) is 57.2 Å². The Balaban J connectivity index is 1.70. The minimum absolute atomic E-state index is 0.179. The summed E-state index contributed by atoms with van der Waals surface area (Å²) in [6, 6.07) is 14.8. The van der Waals surface area contributed by atoms with Crippen LogP contribution in [0.3, 0.4) is 0 Å². The molecule has 0 amide bonds. The number of methoxy groups -OCH3 is 1. The Morgan fingerprint density at radius 1 is 1.11 bits per heavy atom. The van der Waals surface area contributed by atoms with Crippen molar-refractivity contribution in [1.82, 2.24) is 14.8 Å². The van der Waals surface area contributed by atoms with E-state index in [1.54, 1.807) is 23.6 Å². The van der Waals surface area contributed by atoms with Crippen molar-refractivity contribution in [3.63, 3.8) is 0 Å². The van der Waals surface area contributed by atoms with Crippen LogP contribution in [-0.4, -0.2) is 40.2 Å². The Morgan fingerprint density at radius 2 is 1.92 bits per heavy atom. The van der Waals surface area contributed by atoms with E-state index in [1.165, 1.54) is 0 Å². The average molecular weight is 523 g/mol. The molecule has 1 atom stereocenters. The number of nitrogens with zero attached hydrogens (tertiary/aromatic N) is 3. The van der Waals surface area contributed by atoms with Crippen LogP contribution in [0.2, 0.25) is 0 Å². The first-order valence-electron chi connectivity index (χ1n) is 12.6. The summed E-state index contributed by atoms with van der Waals surface area (Å²) < 4.78 is 19.0. The molecule has 9 heteroatoms. The molecule has 1 aliphatic rings. The van der Waals surface area contributed by atoms with E-state index in [0.717, 1.165) is 36.1 Å². The van der Waals surface area contributed by atoms with Crippen LogP contribution >= 0.6 is 11.8 Å². The highest BCUT2D eigenvalue weighted by Crippen LogP contribution is 2.40. The van der Waals surface area contributed by atoms with Gasteiger partial charge in [0.2, 0.25) is 11.1 Å². The maximum absolute atomic E-state index is 13.5. The molecule has 0 spiro atoms. The van der Waals surface area contributed by atoms with Gasteiger partial charge in [-0.1, -0.05) is 68.4 Å². The van der Waals surface area contributed by atoms with Gasteiger partial charge in [0.15, 0.2) is 11.5 Å². The summed E-state index contributed by atoms with van der Waals surface area (Å²) in [7, 11) is 1.61. The molecule has 1 unspecified atom stereocenters. The molecule has 196 valence electrons. The molecule has 0 saturated heterocycles. The lowest BCUT2D eigenvalue weighted by atomic mass is 9.95. The van der Waals surface area contributed by atoms with Crippen LogP contribution in [0.15, 0.2) is 65.0 Å². The van der Waals surface area contributed by atoms with Crippen molar-refractivity contribution in [3.05, 3.63) is 70.9 Å². The quantitative estimate of drug-likeness (QED) is 0.176. The Labute approximate surface area is 222 Å². The number of esters is 1. The number of rotatable bonds is 12. The third kappa shape index (κ3) is 6.28. The SMILES string of the molecule is CCCCSc1nc2n(n1)C(c1ccc(OCCC)c(OC)c1)C(C(=O)OCc1ccccc1)=C(C)N2. The van der Waals surface area contributed by atoms with E-state index in [2.05, 4.69) is 19.2 Å². The van der Waals surface area contributed by atoms with Crippen molar-refractivity contribution in [2.45, 2.75) is 57.8 Å². The van der Waals surface area contributed by atoms with Crippen LogP contribution < -0.4 is 14.8 Å². The molecule has 2 heterocycles. The maximum atomic E-state index is 13.5. The van der Waals surface area contributed by atoms with E-state index in [0.29, 0.717) is 40.5 Å². The van der Waals surface area contributed by atoms with E-state index >= 15 is 0 Å². The summed E-state index contributed by atoms with van der Waals surface area (Å²) in [5.41, 5.74) is 2.90. The Hall–Kier alpha value is -3.46. The van der Waals surface area contributed by atoms with Gasteiger partial charge in [-0.3, -0.25) is 0 Å². The molecule has 1 N–H and O–H groups in total. The third-order valence-electron chi connectivity index (χ3n) is 5.96. The zero-order valence-electron chi connectivity index (χ0n) is 21.8. The molecular formula is C28H34N4O4S. The molecular weight excluding hydrogens is 488 g/mol. The summed E-state index contributed by atoms with van der Waals surface area (Å²) in [6.07, 6.45) is 3.07. The number of ether oxygens (including phenoxy) is 3. The first-order valence-corrected chi connectivity index (χ1v) is 13.6. The van der Waals surface area contributed by atoms with Gasteiger partial charge < -0.3 is 19.5 Å². The lowest BCUT2D eigenvalue weighted by Gasteiger charge is -2.28. The minimum atomic E-state index is -0.540. The number of hydrogen-bond acceptors (Lipinski definition) is 8. The highest BCUT2D eigenvalue weighted by molar-refractivity contribution is 7.99. The van der Waals surface area contributed by atoms with E-state index in [-0.39, 0.29) is 6.61 Å². The van der Waals surface area contributed by atoms with Gasteiger partial charge in [-0.2, -0.15) is 4.98 Å². The van der Waals surface area contributed by atoms with E-state index in [4.69, 9.17) is 24.3 Å². The van der Waals surface area contributed by atoms with E-state index in [9.17, 15) is 4.79 Å². The monoisotopic (exact) mass is 522 g/mol. The van der Waals surface area contributed by atoms with Gasteiger partial charge in [-0.15, -0.1) is 5.10 Å². The molecule has 37 heavy (non-hydrogen) atoms. The molecule has 1 aromatic heterocycles. The lowest BCUT2D eigenvalue weighted by molar-refractivity contribution is -0.140. The van der Waals surface area contributed by atoms with Crippen LogP contribution in [0.4, 0.5) is 5.95 Å². The number of fused-ring (bicyclic) bond motifs is 1. The molecule has 3 aromatic rings. The number of carbonyl (C=O) groups is 1. The first-order chi connectivity index (χ1) is 18.0. The van der Waals surface area contributed by atoms with Crippen molar-refractivity contribution in [1.29, 1.82) is 0 Å². The normalized spacial score (nSPS) is 14.6. The van der Waals surface area contributed by atoms with Gasteiger partial charge in [0.25, 0.3) is 0 Å². The molecule has 0 aliphatic carbocycles. The number of carbonyl (C=O) groups excluding carboxylic acids is 1. The number of allylic oxidation sites excluding steroid dienone is 1. The molecule has 8 nitrogen and oxygen atoms in total. The zero-order valence-corrected chi connectivity index (χ0v) is 22.6. The van der Waals surface area contributed by atoms with Gasteiger partial charge in [0.1, 0.15) is 12.6 Å². The fourth-order valence-electron chi connectivity index (χ4n) is 4.06. The van der Waals surface area contributed by atoms with Crippen LogP contribution in [-0.2, 0) is 16.1 Å². The van der Waals surface area contributed by atoms with Gasteiger partial charge in [-0.25, -0.2) is 9.48 Å². The minimum Gasteiger partial charge on any atom is -0.493 e. The number of aromatic nitrogens is 3. The summed E-state index contributed by atoms with van der Waals surface area (Å²) in [4.78, 5) is 18.2. The topological polar surface area (TPSA) is 87.5 Å². The van der Waals surface area contributed by atoms with Gasteiger partial charge in [-0.05, 0) is 43.0 Å². The third-order valence-corrected chi connectivity index (χ3v) is 6.88. The second kappa shape index (κ2) is 12.7. The van der Waals surface area contributed by atoms with Crippen molar-refractivity contribution >= 4 is 23.7 Å². The highest BCUT2D eigenvalue weighted by atomic mass is 32.2. The predicted octanol–water partition coefficient (Wildman–Crippen LogP) is 6.00. The highest BCUT2D eigenvalue weighted by Gasteiger charge is 2.36. The standard InChI is InChI=1S/C28H34N4O4S/c1-5-7-16-37-28-30-27-29-19(3)24(26(33)36-18-20-11-9-8-10-12-20)25(32(27)31-28)21-13-14-22(35-15-6-2)23(17-21)34-4/h8-14,17,25H,5-7,15-16,18H2,1-4H3,(H,29,30,31). The molecule has 2 aromatic carbocycles. The fraction of sp³-hybridized carbons (Fsp3) is 0.393. The molecule has 1 aliphatic heterocycles. The summed E-state index contributed by atoms with van der Waals surface area (Å²) in [5.74, 6) is 2.36. The summed E-state index contributed by atoms with van der Waals surface area (Å²) in [5, 5.41) is 8.72. The largest absolute Gasteiger partial charge is 0.493 e. The second-order valence-corrected chi connectivity index (χ2v) is 9.81. The molecule has 0 saturated carbocycles. The molecule has 0 bridgehead atoms. The van der Waals surface area contributed by atoms with Gasteiger partial charge >= 0.3 is 5.97 Å². The Bertz CT molecular complexity index is 1240. The van der Waals surface area contributed by atoms with Gasteiger partial charge in [0.05, 0.1) is 19.3 Å². The Morgan fingerprint density at radius 3 is 2.65 bits per heavy atom. The average Bonchev–Trinajstić information content (AvgIpc) is 3.32. The summed E-state index contributed by atoms with van der Waals surface area (Å²) in [6.45, 7) is 6.85. The summed E-state index contributed by atoms with van der Waals surface area (Å²) >= 11 is 1.61.